The van der Waals surface area contributed by atoms with E-state index in [1.54, 1.807) is 0 Å². The minimum absolute atomic E-state index is 0.313. The van der Waals surface area contributed by atoms with Gasteiger partial charge >= 0.3 is 6.18 Å². The van der Waals surface area contributed by atoms with Crippen molar-refractivity contribution in [3.63, 3.8) is 0 Å². The first kappa shape index (κ1) is 14.0. The molecular formula is C8H6ClF3N4O2. The molecule has 4 N–H and O–H groups in total. The van der Waals surface area contributed by atoms with Crippen LogP contribution in [0.4, 0.5) is 24.5 Å². The van der Waals surface area contributed by atoms with Gasteiger partial charge in [-0.15, -0.1) is 0 Å². The third-order valence-corrected chi connectivity index (χ3v) is 2.09. The molecule has 1 aromatic carbocycles. The SMILES string of the molecule is NC(N)=Nc1c(Cl)cc([N+](=O)[O-])cc1C(F)(F)F. The molecule has 0 aliphatic heterocycles. The molecule has 18 heavy (non-hydrogen) atoms. The quantitative estimate of drug-likeness (QED) is 0.375. The molecular weight excluding hydrogens is 277 g/mol. The molecule has 98 valence electrons. The number of rotatable bonds is 2. The van der Waals surface area contributed by atoms with Crippen molar-refractivity contribution >= 4 is 28.9 Å². The number of nitrogens with two attached hydrogens (primary N) is 2. The number of benzene rings is 1. The predicted octanol–water partition coefficient (Wildman–Crippen LogP) is 2.17. The molecule has 0 fully saturated rings. The van der Waals surface area contributed by atoms with Gasteiger partial charge in [-0.05, 0) is 0 Å². The van der Waals surface area contributed by atoms with Crippen LogP contribution in [0.2, 0.25) is 5.02 Å². The van der Waals surface area contributed by atoms with E-state index >= 15 is 0 Å². The van der Waals surface area contributed by atoms with Crippen LogP contribution in [-0.4, -0.2) is 10.9 Å². The molecule has 0 aliphatic carbocycles. The predicted molar refractivity (Wildman–Crippen MR) is 58.6 cm³/mol. The van der Waals surface area contributed by atoms with Gasteiger partial charge in [0.05, 0.1) is 21.2 Å². The van der Waals surface area contributed by atoms with Crippen molar-refractivity contribution in [2.45, 2.75) is 6.18 Å². The lowest BCUT2D eigenvalue weighted by atomic mass is 10.1. The fourth-order valence-electron chi connectivity index (χ4n) is 1.15. The highest BCUT2D eigenvalue weighted by molar-refractivity contribution is 6.33. The number of aliphatic imine (C=N–C) groups is 1. The Morgan fingerprint density at radius 1 is 1.39 bits per heavy atom. The normalized spacial score (nSPS) is 11.1. The van der Waals surface area contributed by atoms with Gasteiger partial charge in [0.25, 0.3) is 5.69 Å². The van der Waals surface area contributed by atoms with E-state index in [-0.39, 0.29) is 0 Å². The molecule has 1 rings (SSSR count). The van der Waals surface area contributed by atoms with E-state index in [0.717, 1.165) is 6.07 Å². The van der Waals surface area contributed by atoms with Crippen LogP contribution < -0.4 is 11.5 Å². The van der Waals surface area contributed by atoms with Gasteiger partial charge in [0.1, 0.15) is 0 Å². The highest BCUT2D eigenvalue weighted by Gasteiger charge is 2.36. The Bertz CT molecular complexity index is 526. The number of hydrogen-bond donors (Lipinski definition) is 2. The van der Waals surface area contributed by atoms with Crippen LogP contribution in [0.3, 0.4) is 0 Å². The van der Waals surface area contributed by atoms with E-state index in [9.17, 15) is 23.3 Å². The average Bonchev–Trinajstić information content (AvgIpc) is 2.17. The van der Waals surface area contributed by atoms with Gasteiger partial charge in [-0.2, -0.15) is 13.2 Å². The fraction of sp³-hybridized carbons (Fsp3) is 0.125. The highest BCUT2D eigenvalue weighted by atomic mass is 35.5. The van der Waals surface area contributed by atoms with Crippen molar-refractivity contribution in [1.29, 1.82) is 0 Å². The average molecular weight is 283 g/mol. The van der Waals surface area contributed by atoms with Crippen LogP contribution >= 0.6 is 11.6 Å². The van der Waals surface area contributed by atoms with Crippen LogP contribution in [0, 0.1) is 10.1 Å². The molecule has 1 aromatic rings. The van der Waals surface area contributed by atoms with Crippen molar-refractivity contribution < 1.29 is 18.1 Å². The van der Waals surface area contributed by atoms with Crippen molar-refractivity contribution in [2.75, 3.05) is 0 Å². The number of alkyl halides is 3. The van der Waals surface area contributed by atoms with Crippen molar-refractivity contribution in [3.8, 4) is 0 Å². The Kier molecular flexibility index (Phi) is 3.65. The number of hydrogen-bond acceptors (Lipinski definition) is 3. The maximum Gasteiger partial charge on any atom is 0.418 e. The smallest absolute Gasteiger partial charge is 0.370 e. The van der Waals surface area contributed by atoms with Gasteiger partial charge in [0, 0.05) is 12.1 Å². The summed E-state index contributed by atoms with van der Waals surface area (Å²) in [5.41, 5.74) is 7.00. The first-order valence-corrected chi connectivity index (χ1v) is 4.65. The Hall–Kier alpha value is -2.03. The van der Waals surface area contributed by atoms with Crippen molar-refractivity contribution in [1.82, 2.24) is 0 Å². The first-order valence-electron chi connectivity index (χ1n) is 4.27. The third kappa shape index (κ3) is 3.00. The van der Waals surface area contributed by atoms with E-state index in [1.807, 2.05) is 0 Å². The summed E-state index contributed by atoms with van der Waals surface area (Å²) in [5.74, 6) is -0.642. The zero-order valence-corrected chi connectivity index (χ0v) is 9.29. The number of nitrogens with zero attached hydrogens (tertiary/aromatic N) is 2. The Labute approximate surface area is 103 Å². The Morgan fingerprint density at radius 2 is 1.94 bits per heavy atom. The van der Waals surface area contributed by atoms with Crippen LogP contribution in [0.5, 0.6) is 0 Å². The second kappa shape index (κ2) is 4.69. The minimum atomic E-state index is -4.87. The number of guanidine groups is 1. The van der Waals surface area contributed by atoms with E-state index < -0.39 is 39.0 Å². The molecule has 10 heteroatoms. The standard InChI is InChI=1S/C8H6ClF3N4O2/c9-5-2-3(16(17)18)1-4(8(10,11)12)6(5)15-7(13)14/h1-2H,(H4,13,14,15). The molecule has 0 spiro atoms. The van der Waals surface area contributed by atoms with E-state index in [0.29, 0.717) is 6.07 Å². The number of non-ortho nitro benzene ring substituents is 1. The summed E-state index contributed by atoms with van der Waals surface area (Å²) in [5, 5.41) is 9.90. The Morgan fingerprint density at radius 3 is 2.33 bits per heavy atom. The first-order chi connectivity index (χ1) is 8.12. The molecule has 0 radical (unpaired) electrons. The van der Waals surface area contributed by atoms with Gasteiger partial charge < -0.3 is 11.5 Å². The summed E-state index contributed by atoms with van der Waals surface area (Å²) >= 11 is 5.51. The molecule has 0 amide bonds. The van der Waals surface area contributed by atoms with Crippen molar-refractivity contribution in [2.24, 2.45) is 16.5 Å². The van der Waals surface area contributed by atoms with Gasteiger partial charge in [0.2, 0.25) is 0 Å². The van der Waals surface area contributed by atoms with Crippen LogP contribution in [0.15, 0.2) is 17.1 Å². The van der Waals surface area contributed by atoms with Gasteiger partial charge in [-0.1, -0.05) is 11.6 Å². The summed E-state index contributed by atoms with van der Waals surface area (Å²) < 4.78 is 38.1. The van der Waals surface area contributed by atoms with Gasteiger partial charge in [-0.25, -0.2) is 4.99 Å². The maximum atomic E-state index is 12.7. The van der Waals surface area contributed by atoms with Crippen LogP contribution in [0.1, 0.15) is 5.56 Å². The summed E-state index contributed by atoms with van der Waals surface area (Å²) in [6, 6.07) is 1.05. The number of halogens is 4. The van der Waals surface area contributed by atoms with Crippen LogP contribution in [0.25, 0.3) is 0 Å². The topological polar surface area (TPSA) is 108 Å². The van der Waals surface area contributed by atoms with Crippen LogP contribution in [-0.2, 0) is 6.18 Å². The molecule has 6 nitrogen and oxygen atoms in total. The van der Waals surface area contributed by atoms with Crippen molar-refractivity contribution in [3.05, 3.63) is 32.8 Å². The maximum absolute atomic E-state index is 12.7. The third-order valence-electron chi connectivity index (χ3n) is 1.81. The second-order valence-electron chi connectivity index (χ2n) is 3.12. The molecule has 0 atom stereocenters. The molecule has 0 unspecified atom stereocenters. The summed E-state index contributed by atoms with van der Waals surface area (Å²) in [6.07, 6.45) is -4.87. The zero-order chi connectivity index (χ0) is 14.1. The summed E-state index contributed by atoms with van der Waals surface area (Å²) in [7, 11) is 0. The van der Waals surface area contributed by atoms with Gasteiger partial charge in [-0.3, -0.25) is 10.1 Å². The zero-order valence-electron chi connectivity index (χ0n) is 8.53. The summed E-state index contributed by atoms with van der Waals surface area (Å²) in [6.45, 7) is 0. The molecule has 0 saturated heterocycles. The number of nitro groups is 1. The molecule has 0 aromatic heterocycles. The molecule has 0 bridgehead atoms. The Balaban J connectivity index is 3.61. The summed E-state index contributed by atoms with van der Waals surface area (Å²) in [4.78, 5) is 12.7. The van der Waals surface area contributed by atoms with Gasteiger partial charge in [0.15, 0.2) is 5.96 Å². The molecule has 0 aliphatic rings. The molecule has 0 saturated carbocycles. The monoisotopic (exact) mass is 282 g/mol. The lowest BCUT2D eigenvalue weighted by molar-refractivity contribution is -0.385. The lowest BCUT2D eigenvalue weighted by Crippen LogP contribution is -2.22. The van der Waals surface area contributed by atoms with E-state index in [2.05, 4.69) is 4.99 Å². The second-order valence-corrected chi connectivity index (χ2v) is 3.52. The van der Waals surface area contributed by atoms with E-state index in [4.69, 9.17) is 23.1 Å². The highest BCUT2D eigenvalue weighted by Crippen LogP contribution is 2.42. The number of nitro benzene ring substituents is 1. The largest absolute Gasteiger partial charge is 0.418 e. The lowest BCUT2D eigenvalue weighted by Gasteiger charge is -2.11. The van der Waals surface area contributed by atoms with E-state index in [1.165, 1.54) is 0 Å². The minimum Gasteiger partial charge on any atom is -0.370 e. The fourth-order valence-corrected chi connectivity index (χ4v) is 1.40. The molecule has 0 heterocycles.